The van der Waals surface area contributed by atoms with Crippen molar-refractivity contribution in [3.8, 4) is 5.75 Å². The molecule has 2 N–H and O–H groups in total. The molecule has 3 aromatic rings. The van der Waals surface area contributed by atoms with Gasteiger partial charge in [-0.05, 0) is 86.6 Å². The maximum Gasteiger partial charge on any atom is 0.251 e. The van der Waals surface area contributed by atoms with Gasteiger partial charge in [0.2, 0.25) is 0 Å². The van der Waals surface area contributed by atoms with E-state index >= 15 is 0 Å². The van der Waals surface area contributed by atoms with Crippen molar-refractivity contribution in [2.45, 2.75) is 52.7 Å². The van der Waals surface area contributed by atoms with Crippen LogP contribution in [0.2, 0.25) is 0 Å². The zero-order valence-electron chi connectivity index (χ0n) is 16.8. The van der Waals surface area contributed by atoms with Gasteiger partial charge in [-0.3, -0.25) is 4.79 Å². The number of carbonyl (C=O) groups is 1. The number of benzene rings is 2. The topological polar surface area (TPSA) is 54.1 Å². The van der Waals surface area contributed by atoms with E-state index in [1.54, 1.807) is 12.1 Å². The van der Waals surface area contributed by atoms with Gasteiger partial charge in [-0.15, -0.1) is 0 Å². The molecule has 1 aliphatic carbocycles. The van der Waals surface area contributed by atoms with Crippen LogP contribution >= 0.6 is 0 Å². The van der Waals surface area contributed by atoms with Crippen molar-refractivity contribution >= 4 is 16.8 Å². The third kappa shape index (κ3) is 3.91. The van der Waals surface area contributed by atoms with E-state index in [-0.39, 0.29) is 12.0 Å². The summed E-state index contributed by atoms with van der Waals surface area (Å²) in [5.74, 6) is 1.45. The van der Waals surface area contributed by atoms with Gasteiger partial charge in [-0.2, -0.15) is 0 Å². The molecule has 0 spiro atoms. The van der Waals surface area contributed by atoms with Gasteiger partial charge < -0.3 is 15.0 Å². The second kappa shape index (κ2) is 7.70. The Bertz CT molecular complexity index is 986. The van der Waals surface area contributed by atoms with Gasteiger partial charge >= 0.3 is 0 Å². The Labute approximate surface area is 166 Å². The first-order chi connectivity index (χ1) is 13.5. The highest BCUT2D eigenvalue weighted by Gasteiger charge is 2.19. The molecule has 2 aromatic carbocycles. The molecular formula is C24H28N2O2. The van der Waals surface area contributed by atoms with Crippen molar-refractivity contribution in [2.75, 3.05) is 0 Å². The van der Waals surface area contributed by atoms with Crippen molar-refractivity contribution < 1.29 is 9.53 Å². The van der Waals surface area contributed by atoms with E-state index in [4.69, 9.17) is 4.74 Å². The monoisotopic (exact) mass is 376 g/mol. The molecule has 0 saturated heterocycles. The zero-order valence-corrected chi connectivity index (χ0v) is 16.8. The zero-order chi connectivity index (χ0) is 19.7. The quantitative estimate of drug-likeness (QED) is 0.658. The number of aryl methyl sites for hydroxylation is 1. The minimum absolute atomic E-state index is 0.0686. The lowest BCUT2D eigenvalue weighted by Crippen LogP contribution is -2.22. The van der Waals surface area contributed by atoms with Crippen LogP contribution in [0, 0.1) is 5.92 Å². The first-order valence-electron chi connectivity index (χ1n) is 10.2. The van der Waals surface area contributed by atoms with Gasteiger partial charge in [0.05, 0.1) is 6.10 Å². The number of H-pyrrole nitrogens is 1. The summed E-state index contributed by atoms with van der Waals surface area (Å²) in [4.78, 5) is 16.1. The Morgan fingerprint density at radius 1 is 1.21 bits per heavy atom. The number of rotatable bonds is 5. The second-order valence-electron chi connectivity index (χ2n) is 8.18. The van der Waals surface area contributed by atoms with Gasteiger partial charge in [-0.25, -0.2) is 0 Å². The lowest BCUT2D eigenvalue weighted by atomic mass is 9.87. The van der Waals surface area contributed by atoms with Crippen LogP contribution in [0.3, 0.4) is 0 Å². The highest BCUT2D eigenvalue weighted by atomic mass is 16.5. The summed E-state index contributed by atoms with van der Waals surface area (Å²) in [5.41, 5.74) is 5.82. The molecule has 1 atom stereocenters. The number of hydrogen-bond acceptors (Lipinski definition) is 2. The molecule has 1 aliphatic rings. The van der Waals surface area contributed by atoms with Crippen LogP contribution in [-0.4, -0.2) is 17.0 Å². The van der Waals surface area contributed by atoms with E-state index in [1.165, 1.54) is 28.6 Å². The molecule has 4 rings (SSSR count). The summed E-state index contributed by atoms with van der Waals surface area (Å²) in [6, 6.07) is 13.7. The first kappa shape index (κ1) is 18.6. The summed E-state index contributed by atoms with van der Waals surface area (Å²) in [5, 5.41) is 4.34. The molecule has 1 heterocycles. The van der Waals surface area contributed by atoms with Crippen molar-refractivity contribution in [3.63, 3.8) is 0 Å². The molecule has 4 heteroatoms. The first-order valence-corrected chi connectivity index (χ1v) is 10.2. The van der Waals surface area contributed by atoms with E-state index in [1.807, 2.05) is 26.0 Å². The molecule has 0 unspecified atom stereocenters. The summed E-state index contributed by atoms with van der Waals surface area (Å²) in [7, 11) is 0. The van der Waals surface area contributed by atoms with E-state index in [0.717, 1.165) is 30.1 Å². The third-order valence-electron chi connectivity index (χ3n) is 5.44. The van der Waals surface area contributed by atoms with Gasteiger partial charge in [0.1, 0.15) is 5.75 Å². The summed E-state index contributed by atoms with van der Waals surface area (Å²) < 4.78 is 5.63. The van der Waals surface area contributed by atoms with Crippen molar-refractivity contribution in [1.29, 1.82) is 0 Å². The Balaban J connectivity index is 1.45. The Kier molecular flexibility index (Phi) is 5.12. The average Bonchev–Trinajstić information content (AvgIpc) is 3.03. The molecule has 4 nitrogen and oxygen atoms in total. The van der Waals surface area contributed by atoms with Gasteiger partial charge in [0.15, 0.2) is 0 Å². The highest BCUT2D eigenvalue weighted by Crippen LogP contribution is 2.32. The van der Waals surface area contributed by atoms with Crippen LogP contribution in [0.4, 0.5) is 0 Å². The van der Waals surface area contributed by atoms with Gasteiger partial charge in [0.25, 0.3) is 5.91 Å². The molecule has 0 bridgehead atoms. The van der Waals surface area contributed by atoms with Crippen LogP contribution in [0.25, 0.3) is 10.9 Å². The van der Waals surface area contributed by atoms with Crippen LogP contribution in [-0.2, 0) is 19.4 Å². The second-order valence-corrected chi connectivity index (χ2v) is 8.18. The fourth-order valence-electron chi connectivity index (χ4n) is 3.99. The molecule has 1 amide bonds. The minimum atomic E-state index is -0.0686. The van der Waals surface area contributed by atoms with Crippen LogP contribution < -0.4 is 10.1 Å². The molecule has 0 fully saturated rings. The van der Waals surface area contributed by atoms with Crippen LogP contribution in [0.15, 0.2) is 42.5 Å². The number of hydrogen-bond donors (Lipinski definition) is 2. The molecule has 146 valence electrons. The number of ether oxygens (including phenoxy) is 1. The Morgan fingerprint density at radius 3 is 2.75 bits per heavy atom. The number of nitrogens with one attached hydrogen (secondary N) is 2. The lowest BCUT2D eigenvalue weighted by molar-refractivity contribution is 0.0951. The number of amides is 1. The number of aromatic nitrogens is 1. The normalized spacial score (nSPS) is 16.2. The standard InChI is InChI=1S/C24H28N2O2/c1-15(2)28-19-8-6-18(7-9-19)24(27)25-14-17-5-11-23-21(13-17)20-12-16(3)4-10-22(20)26-23/h5-9,11,13,15-16,26H,4,10,12,14H2,1-3H3,(H,25,27)/t16-/m1/s1. The lowest BCUT2D eigenvalue weighted by Gasteiger charge is -2.18. The molecule has 28 heavy (non-hydrogen) atoms. The summed E-state index contributed by atoms with van der Waals surface area (Å²) >= 11 is 0. The maximum absolute atomic E-state index is 12.5. The predicted molar refractivity (Wildman–Crippen MR) is 113 cm³/mol. The van der Waals surface area contributed by atoms with Crippen LogP contribution in [0.1, 0.15) is 54.4 Å². The Morgan fingerprint density at radius 2 is 2.00 bits per heavy atom. The molecule has 1 aromatic heterocycles. The number of carbonyl (C=O) groups excluding carboxylic acids is 1. The largest absolute Gasteiger partial charge is 0.491 e. The third-order valence-corrected chi connectivity index (χ3v) is 5.44. The smallest absolute Gasteiger partial charge is 0.251 e. The summed E-state index contributed by atoms with van der Waals surface area (Å²) in [6.45, 7) is 6.82. The fourth-order valence-corrected chi connectivity index (χ4v) is 3.99. The van der Waals surface area contributed by atoms with E-state index in [2.05, 4.69) is 35.4 Å². The van der Waals surface area contributed by atoms with E-state index < -0.39 is 0 Å². The minimum Gasteiger partial charge on any atom is -0.491 e. The van der Waals surface area contributed by atoms with Crippen molar-refractivity contribution in [2.24, 2.45) is 5.92 Å². The SMILES string of the molecule is CC(C)Oc1ccc(C(=O)NCc2ccc3[nH]c4c(c3c2)C[C@H](C)CC4)cc1. The fraction of sp³-hybridized carbons (Fsp3) is 0.375. The number of aromatic amines is 1. The average molecular weight is 377 g/mol. The molecule has 0 aliphatic heterocycles. The summed E-state index contributed by atoms with van der Waals surface area (Å²) in [6.07, 6.45) is 3.64. The van der Waals surface area contributed by atoms with Crippen LogP contribution in [0.5, 0.6) is 5.75 Å². The van der Waals surface area contributed by atoms with Gasteiger partial charge in [-0.1, -0.05) is 13.0 Å². The molecule has 0 radical (unpaired) electrons. The van der Waals surface area contributed by atoms with Crippen molar-refractivity contribution in [1.82, 2.24) is 10.3 Å². The van der Waals surface area contributed by atoms with Crippen molar-refractivity contribution in [3.05, 3.63) is 64.8 Å². The maximum atomic E-state index is 12.5. The molecule has 0 saturated carbocycles. The number of fused-ring (bicyclic) bond motifs is 3. The Hall–Kier alpha value is -2.75. The van der Waals surface area contributed by atoms with E-state index in [0.29, 0.717) is 12.1 Å². The van der Waals surface area contributed by atoms with E-state index in [9.17, 15) is 4.79 Å². The molecular weight excluding hydrogens is 348 g/mol. The predicted octanol–water partition coefficient (Wildman–Crippen LogP) is 5.01. The highest BCUT2D eigenvalue weighted by molar-refractivity contribution is 5.94. The van der Waals surface area contributed by atoms with Gasteiger partial charge in [0, 0.05) is 28.7 Å².